The number of aromatic hydroxyl groups is 2. The molecule has 1 aliphatic rings. The second-order valence-electron chi connectivity index (χ2n) is 13.8. The summed E-state index contributed by atoms with van der Waals surface area (Å²) in [5.41, 5.74) is 1.07. The number of aliphatic hydroxyl groups excluding tert-OH is 4. The minimum atomic E-state index is -1.53. The number of carbonyl (C=O) groups is 2. The van der Waals surface area contributed by atoms with Crippen molar-refractivity contribution in [2.75, 3.05) is 46.8 Å². The maximum absolute atomic E-state index is 13.8. The molecule has 2 aromatic heterocycles. The molecule has 0 spiro atoms. The number of carbonyl (C=O) groups excluding carboxylic acids is 2. The van der Waals surface area contributed by atoms with E-state index in [9.17, 15) is 45.0 Å². The van der Waals surface area contributed by atoms with E-state index in [4.69, 9.17) is 37.6 Å². The number of esters is 2. The summed E-state index contributed by atoms with van der Waals surface area (Å²) < 4.78 is 45.2. The van der Waals surface area contributed by atoms with E-state index in [-0.39, 0.29) is 80.5 Å². The van der Waals surface area contributed by atoms with Gasteiger partial charge in [-0.2, -0.15) is 0 Å². The summed E-state index contributed by atoms with van der Waals surface area (Å²) in [6.45, 7) is 3.80. The lowest BCUT2D eigenvalue weighted by atomic mass is 9.99. The van der Waals surface area contributed by atoms with Gasteiger partial charge in [-0.3, -0.25) is 14.4 Å². The Hall–Kier alpha value is -5.45. The van der Waals surface area contributed by atoms with Crippen LogP contribution in [0.25, 0.3) is 22.3 Å². The smallest absolute Gasteiger partial charge is 0.312 e. The molecule has 20 nitrogen and oxygen atoms in total. The fourth-order valence-electron chi connectivity index (χ4n) is 5.93. The van der Waals surface area contributed by atoms with Crippen molar-refractivity contribution in [3.05, 3.63) is 69.7 Å². The molecule has 0 amide bonds. The second kappa shape index (κ2) is 21.7. The van der Waals surface area contributed by atoms with E-state index < -0.39 is 72.6 Å². The highest BCUT2D eigenvalue weighted by molar-refractivity contribution is 5.92. The van der Waals surface area contributed by atoms with Gasteiger partial charge in [-0.05, 0) is 44.5 Å². The quantitative estimate of drug-likeness (QED) is 0.0391. The van der Waals surface area contributed by atoms with E-state index in [1.807, 2.05) is 19.9 Å². The van der Waals surface area contributed by atoms with E-state index in [2.05, 4.69) is 10.3 Å². The topological polar surface area (TPSA) is 281 Å². The number of ether oxygens (including phenoxy) is 7. The number of nitrogens with zero attached hydrogens (tertiary/aromatic N) is 3. The fraction of sp³-hybridized carbons (Fsp3) is 0.475. The minimum absolute atomic E-state index is 0.00180. The summed E-state index contributed by atoms with van der Waals surface area (Å²) in [6.07, 6.45) is -4.02. The number of methoxy groups -OCH3 is 1. The van der Waals surface area contributed by atoms with E-state index in [0.717, 1.165) is 11.6 Å². The third-order valence-electron chi connectivity index (χ3n) is 9.15. The van der Waals surface area contributed by atoms with Crippen LogP contribution in [0.4, 0.5) is 0 Å². The van der Waals surface area contributed by atoms with Crippen molar-refractivity contribution >= 4 is 22.9 Å². The number of hydrogen-bond acceptors (Lipinski definition) is 19. The Morgan fingerprint density at radius 2 is 1.65 bits per heavy atom. The van der Waals surface area contributed by atoms with Crippen LogP contribution in [0.1, 0.15) is 37.9 Å². The molecule has 4 aromatic rings. The Morgan fingerprint density at radius 1 is 0.917 bits per heavy atom. The van der Waals surface area contributed by atoms with Gasteiger partial charge in [0, 0.05) is 17.2 Å². The summed E-state index contributed by atoms with van der Waals surface area (Å²) in [5.74, 6) is -2.68. The molecular formula is C40H49N3O17. The van der Waals surface area contributed by atoms with Crippen LogP contribution in [0.2, 0.25) is 0 Å². The number of phenols is 2. The molecule has 1 saturated heterocycles. The summed E-state index contributed by atoms with van der Waals surface area (Å²) in [5, 5.41) is 68.0. The summed E-state index contributed by atoms with van der Waals surface area (Å²) in [6, 6.07) is 7.40. The third kappa shape index (κ3) is 11.9. The zero-order chi connectivity index (χ0) is 43.3. The Labute approximate surface area is 343 Å². The normalized spacial score (nSPS) is 18.9. The first-order valence-electron chi connectivity index (χ1n) is 19.0. The van der Waals surface area contributed by atoms with Gasteiger partial charge in [-0.15, -0.1) is 5.10 Å². The molecule has 6 N–H and O–H groups in total. The molecule has 5 rings (SSSR count). The SMILES string of the molecule is COc1ccc(-c2oc3c(CC=C(C)C)c(O)cc(O)c3c(=O)c2OC(=O)CCC(=O)OCCOCc2cn(CCOCCO[C@@H]3O[C@H](CO)[C@@H](O)[C@H](O)[C@H]3O)nn2)cc1. The van der Waals surface area contributed by atoms with E-state index in [0.29, 0.717) is 23.6 Å². The van der Waals surface area contributed by atoms with Crippen LogP contribution in [0.5, 0.6) is 23.0 Å². The lowest BCUT2D eigenvalue weighted by Crippen LogP contribution is -2.59. The molecule has 2 aromatic carbocycles. The maximum Gasteiger partial charge on any atom is 0.312 e. The van der Waals surface area contributed by atoms with Crippen LogP contribution in [0.15, 0.2) is 57.4 Å². The Balaban J connectivity index is 1.05. The van der Waals surface area contributed by atoms with Crippen molar-refractivity contribution in [2.24, 2.45) is 0 Å². The number of phenolic OH excluding ortho intramolecular Hbond substituents is 2. The molecular weight excluding hydrogens is 794 g/mol. The number of aromatic nitrogens is 3. The average Bonchev–Trinajstić information content (AvgIpc) is 3.68. The molecule has 5 atom stereocenters. The average molecular weight is 844 g/mol. The van der Waals surface area contributed by atoms with E-state index in [1.54, 1.807) is 30.5 Å². The van der Waals surface area contributed by atoms with Crippen molar-refractivity contribution < 1.29 is 77.8 Å². The summed E-state index contributed by atoms with van der Waals surface area (Å²) in [4.78, 5) is 39.3. The number of benzene rings is 2. The molecule has 0 radical (unpaired) electrons. The zero-order valence-corrected chi connectivity index (χ0v) is 33.2. The molecule has 0 unspecified atom stereocenters. The largest absolute Gasteiger partial charge is 0.507 e. The van der Waals surface area contributed by atoms with E-state index in [1.165, 1.54) is 11.8 Å². The lowest BCUT2D eigenvalue weighted by molar-refractivity contribution is -0.302. The predicted molar refractivity (Wildman–Crippen MR) is 207 cm³/mol. The molecule has 0 saturated carbocycles. The first kappa shape index (κ1) is 45.6. The van der Waals surface area contributed by atoms with Crippen LogP contribution in [0, 0.1) is 0 Å². The number of fused-ring (bicyclic) bond motifs is 1. The number of allylic oxidation sites excluding steroid dienone is 2. The van der Waals surface area contributed by atoms with Crippen molar-refractivity contribution in [3.63, 3.8) is 0 Å². The Morgan fingerprint density at radius 3 is 2.37 bits per heavy atom. The highest BCUT2D eigenvalue weighted by Gasteiger charge is 2.44. The summed E-state index contributed by atoms with van der Waals surface area (Å²) in [7, 11) is 1.48. The number of rotatable bonds is 21. The highest BCUT2D eigenvalue weighted by atomic mass is 16.7. The highest BCUT2D eigenvalue weighted by Crippen LogP contribution is 2.39. The molecule has 60 heavy (non-hydrogen) atoms. The van der Waals surface area contributed by atoms with Crippen LogP contribution >= 0.6 is 0 Å². The minimum Gasteiger partial charge on any atom is -0.507 e. The molecule has 0 bridgehead atoms. The zero-order valence-electron chi connectivity index (χ0n) is 33.2. The Kier molecular flexibility index (Phi) is 16.5. The molecule has 20 heteroatoms. The van der Waals surface area contributed by atoms with Gasteiger partial charge in [0.15, 0.2) is 12.1 Å². The Bertz CT molecular complexity index is 2150. The van der Waals surface area contributed by atoms with Crippen molar-refractivity contribution in [1.29, 1.82) is 0 Å². The molecule has 0 aliphatic carbocycles. The third-order valence-corrected chi connectivity index (χ3v) is 9.15. The molecule has 1 fully saturated rings. The van der Waals surface area contributed by atoms with Crippen molar-refractivity contribution in [3.8, 4) is 34.3 Å². The number of aliphatic hydroxyl groups is 4. The van der Waals surface area contributed by atoms with Gasteiger partial charge in [0.25, 0.3) is 0 Å². The predicted octanol–water partition coefficient (Wildman–Crippen LogP) is 1.26. The van der Waals surface area contributed by atoms with Gasteiger partial charge in [0.05, 0.1) is 72.3 Å². The first-order chi connectivity index (χ1) is 28.8. The standard InChI is InChI=1S/C40H49N3O17/c1-22(2)4-9-26-27(45)18-28(46)32-34(50)39(37(60-38(26)32)23-5-7-25(53-3)8-6-23)59-31(48)11-10-30(47)56-16-15-55-21-24-19-43(42-41-24)12-13-54-14-17-57-40-36(52)35(51)33(49)29(20-44)58-40/h4-8,18-19,29,33,35-36,40,44-46,49,51-52H,9-17,20-21H2,1-3H3/t29-,33-,35+,36-,40-/m1/s1. The van der Waals surface area contributed by atoms with Crippen LogP contribution in [-0.4, -0.2) is 135 Å². The van der Waals surface area contributed by atoms with Gasteiger partial charge in [-0.1, -0.05) is 16.9 Å². The molecule has 3 heterocycles. The van der Waals surface area contributed by atoms with Crippen molar-refractivity contribution in [2.45, 2.75) is 77.0 Å². The van der Waals surface area contributed by atoms with Gasteiger partial charge in [0.1, 0.15) is 64.9 Å². The van der Waals surface area contributed by atoms with Crippen LogP contribution in [0.3, 0.4) is 0 Å². The van der Waals surface area contributed by atoms with Gasteiger partial charge in [0.2, 0.25) is 11.2 Å². The number of hydrogen-bond donors (Lipinski definition) is 6. The second-order valence-corrected chi connectivity index (χ2v) is 13.8. The van der Waals surface area contributed by atoms with Crippen LogP contribution < -0.4 is 14.9 Å². The van der Waals surface area contributed by atoms with E-state index >= 15 is 0 Å². The fourth-order valence-corrected chi connectivity index (χ4v) is 5.93. The lowest BCUT2D eigenvalue weighted by Gasteiger charge is -2.39. The summed E-state index contributed by atoms with van der Waals surface area (Å²) >= 11 is 0. The first-order valence-corrected chi connectivity index (χ1v) is 19.0. The molecule has 326 valence electrons. The monoisotopic (exact) mass is 843 g/mol. The van der Waals surface area contributed by atoms with Gasteiger partial charge in [-0.25, -0.2) is 4.68 Å². The van der Waals surface area contributed by atoms with Crippen LogP contribution in [-0.2, 0) is 52.8 Å². The van der Waals surface area contributed by atoms with Gasteiger partial charge < -0.3 is 68.2 Å². The molecule has 1 aliphatic heterocycles. The maximum atomic E-state index is 13.8. The van der Waals surface area contributed by atoms with Gasteiger partial charge >= 0.3 is 11.9 Å². The van der Waals surface area contributed by atoms with Crippen molar-refractivity contribution in [1.82, 2.24) is 15.0 Å².